The summed E-state index contributed by atoms with van der Waals surface area (Å²) in [6.45, 7) is 6.73. The summed E-state index contributed by atoms with van der Waals surface area (Å²) in [7, 11) is 1.42. The summed E-state index contributed by atoms with van der Waals surface area (Å²) >= 11 is 0. The maximum atomic E-state index is 13.9. The van der Waals surface area contributed by atoms with Crippen LogP contribution in [-0.2, 0) is 15.1 Å². The molecule has 0 amide bonds. The summed E-state index contributed by atoms with van der Waals surface area (Å²) in [5.74, 6) is -0.559. The molecule has 1 aromatic carbocycles. The van der Waals surface area contributed by atoms with Crippen LogP contribution in [0.2, 0.25) is 0 Å². The second-order valence-electron chi connectivity index (χ2n) is 5.09. The van der Waals surface area contributed by atoms with E-state index >= 15 is 0 Å². The lowest BCUT2D eigenvalue weighted by atomic mass is 9.88. The lowest BCUT2D eigenvalue weighted by Crippen LogP contribution is -2.42. The van der Waals surface area contributed by atoms with Crippen LogP contribution in [0.25, 0.3) is 0 Å². The van der Waals surface area contributed by atoms with Gasteiger partial charge in [-0.15, -0.1) is 0 Å². The zero-order chi connectivity index (χ0) is 15.9. The van der Waals surface area contributed by atoms with E-state index in [-0.39, 0.29) is 18.1 Å². The molecule has 118 valence electrons. The molecule has 0 fully saturated rings. The van der Waals surface area contributed by atoms with Crippen LogP contribution in [0.1, 0.15) is 39.2 Å². The summed E-state index contributed by atoms with van der Waals surface area (Å²) in [6.07, 6.45) is 1.06. The molecule has 0 heterocycles. The van der Waals surface area contributed by atoms with Gasteiger partial charge in [0.15, 0.2) is 11.6 Å². The van der Waals surface area contributed by atoms with Crippen molar-refractivity contribution in [2.24, 2.45) is 0 Å². The second-order valence-corrected chi connectivity index (χ2v) is 5.09. The number of carbonyl (C=O) groups is 1. The number of rotatable bonds is 8. The van der Waals surface area contributed by atoms with Gasteiger partial charge >= 0.3 is 5.97 Å². The Hall–Kier alpha value is -1.62. The smallest absolute Gasteiger partial charge is 0.307 e. The lowest BCUT2D eigenvalue weighted by molar-refractivity contribution is -0.144. The van der Waals surface area contributed by atoms with Crippen LogP contribution < -0.4 is 10.1 Å². The van der Waals surface area contributed by atoms with Crippen molar-refractivity contribution in [3.63, 3.8) is 0 Å². The van der Waals surface area contributed by atoms with Crippen LogP contribution in [0.3, 0.4) is 0 Å². The highest BCUT2D eigenvalue weighted by Gasteiger charge is 2.30. The number of ether oxygens (including phenoxy) is 2. The fraction of sp³-hybridized carbons (Fsp3) is 0.562. The minimum absolute atomic E-state index is 0.145. The van der Waals surface area contributed by atoms with Gasteiger partial charge in [0.05, 0.1) is 25.7 Å². The summed E-state index contributed by atoms with van der Waals surface area (Å²) in [6, 6.07) is 4.74. The Morgan fingerprint density at radius 3 is 2.62 bits per heavy atom. The van der Waals surface area contributed by atoms with Crippen LogP contribution in [0.15, 0.2) is 18.2 Å². The van der Waals surface area contributed by atoms with E-state index in [0.717, 1.165) is 13.0 Å². The number of benzene rings is 1. The van der Waals surface area contributed by atoms with E-state index in [0.29, 0.717) is 12.2 Å². The van der Waals surface area contributed by atoms with Crippen molar-refractivity contribution in [1.82, 2.24) is 5.32 Å². The van der Waals surface area contributed by atoms with Crippen molar-refractivity contribution in [3.8, 4) is 5.75 Å². The predicted molar refractivity (Wildman–Crippen MR) is 79.8 cm³/mol. The fourth-order valence-corrected chi connectivity index (χ4v) is 2.18. The van der Waals surface area contributed by atoms with Crippen LogP contribution in [0.4, 0.5) is 4.39 Å². The zero-order valence-corrected chi connectivity index (χ0v) is 13.2. The van der Waals surface area contributed by atoms with Gasteiger partial charge in [-0.1, -0.05) is 13.0 Å². The minimum Gasteiger partial charge on any atom is -0.494 e. The highest BCUT2D eigenvalue weighted by molar-refractivity contribution is 5.71. The van der Waals surface area contributed by atoms with Gasteiger partial charge in [-0.05, 0) is 44.5 Å². The van der Waals surface area contributed by atoms with Crippen molar-refractivity contribution in [2.45, 2.75) is 39.2 Å². The average molecular weight is 297 g/mol. The Balaban J connectivity index is 3.05. The number of esters is 1. The molecule has 0 spiro atoms. The maximum Gasteiger partial charge on any atom is 0.307 e. The molecule has 0 radical (unpaired) electrons. The monoisotopic (exact) mass is 297 g/mol. The predicted octanol–water partition coefficient (Wildman–Crippen LogP) is 3.00. The van der Waals surface area contributed by atoms with Crippen molar-refractivity contribution in [3.05, 3.63) is 29.6 Å². The van der Waals surface area contributed by atoms with Gasteiger partial charge in [0, 0.05) is 0 Å². The van der Waals surface area contributed by atoms with Crippen LogP contribution in [0, 0.1) is 5.82 Å². The number of hydrogen-bond acceptors (Lipinski definition) is 4. The molecule has 21 heavy (non-hydrogen) atoms. The molecule has 1 atom stereocenters. The maximum absolute atomic E-state index is 13.9. The molecule has 0 aliphatic carbocycles. The van der Waals surface area contributed by atoms with Crippen LogP contribution >= 0.6 is 0 Å². The summed E-state index contributed by atoms with van der Waals surface area (Å²) < 4.78 is 23.9. The molecule has 0 aliphatic rings. The van der Waals surface area contributed by atoms with E-state index in [4.69, 9.17) is 9.47 Å². The third kappa shape index (κ3) is 4.70. The molecule has 5 heteroatoms. The fourth-order valence-electron chi connectivity index (χ4n) is 2.18. The van der Waals surface area contributed by atoms with Crippen molar-refractivity contribution in [1.29, 1.82) is 0 Å². The number of carbonyl (C=O) groups excluding carboxylic acids is 1. The number of methoxy groups -OCH3 is 1. The van der Waals surface area contributed by atoms with Crippen LogP contribution in [0.5, 0.6) is 5.75 Å². The Morgan fingerprint density at radius 1 is 1.38 bits per heavy atom. The van der Waals surface area contributed by atoms with Crippen molar-refractivity contribution in [2.75, 3.05) is 20.3 Å². The van der Waals surface area contributed by atoms with E-state index in [1.807, 2.05) is 13.8 Å². The van der Waals surface area contributed by atoms with Crippen molar-refractivity contribution >= 4 is 5.97 Å². The first-order chi connectivity index (χ1) is 9.96. The quantitative estimate of drug-likeness (QED) is 0.749. The molecule has 0 saturated heterocycles. The van der Waals surface area contributed by atoms with Gasteiger partial charge in [0.2, 0.25) is 0 Å². The largest absolute Gasteiger partial charge is 0.494 e. The lowest BCUT2D eigenvalue weighted by Gasteiger charge is -2.31. The Labute approximate surface area is 125 Å². The van der Waals surface area contributed by atoms with E-state index in [1.54, 1.807) is 19.1 Å². The third-order valence-electron chi connectivity index (χ3n) is 3.36. The Morgan fingerprint density at radius 2 is 2.10 bits per heavy atom. The molecule has 1 unspecified atom stereocenters. The van der Waals surface area contributed by atoms with E-state index in [9.17, 15) is 9.18 Å². The molecular weight excluding hydrogens is 273 g/mol. The van der Waals surface area contributed by atoms with Crippen LogP contribution in [-0.4, -0.2) is 26.2 Å². The molecule has 0 bridgehead atoms. The molecule has 0 aliphatic heterocycles. The third-order valence-corrected chi connectivity index (χ3v) is 3.36. The topological polar surface area (TPSA) is 47.6 Å². The second kappa shape index (κ2) is 7.98. The zero-order valence-electron chi connectivity index (χ0n) is 13.2. The Kier molecular flexibility index (Phi) is 6.62. The van der Waals surface area contributed by atoms with Gasteiger partial charge in [-0.3, -0.25) is 4.79 Å². The summed E-state index contributed by atoms with van der Waals surface area (Å²) in [5.41, 5.74) is 0.0253. The standard InChI is InChI=1S/C16H24FNO3/c1-5-9-18-16(3,11-15(19)21-6-2)12-7-8-14(20-4)13(17)10-12/h7-8,10,18H,5-6,9,11H2,1-4H3. The van der Waals surface area contributed by atoms with Gasteiger partial charge in [-0.2, -0.15) is 0 Å². The molecule has 1 rings (SSSR count). The number of halogens is 1. The van der Waals surface area contributed by atoms with E-state index < -0.39 is 11.4 Å². The Bertz CT molecular complexity index is 479. The molecule has 0 aromatic heterocycles. The minimum atomic E-state index is -0.671. The molecule has 1 N–H and O–H groups in total. The SMILES string of the molecule is CCCNC(C)(CC(=O)OCC)c1ccc(OC)c(F)c1. The molecule has 0 saturated carbocycles. The first-order valence-corrected chi connectivity index (χ1v) is 7.21. The first-order valence-electron chi connectivity index (χ1n) is 7.21. The highest BCUT2D eigenvalue weighted by atomic mass is 19.1. The number of nitrogens with one attached hydrogen (secondary N) is 1. The first kappa shape index (κ1) is 17.4. The summed E-state index contributed by atoms with van der Waals surface area (Å²) in [5, 5.41) is 3.31. The van der Waals surface area contributed by atoms with Gasteiger partial charge in [0.25, 0.3) is 0 Å². The molecular formula is C16H24FNO3. The van der Waals surface area contributed by atoms with E-state index in [2.05, 4.69) is 5.32 Å². The van der Waals surface area contributed by atoms with Gasteiger partial charge in [0.1, 0.15) is 0 Å². The normalized spacial score (nSPS) is 13.6. The molecule has 1 aromatic rings. The summed E-state index contributed by atoms with van der Waals surface area (Å²) in [4.78, 5) is 11.8. The average Bonchev–Trinajstić information content (AvgIpc) is 2.45. The van der Waals surface area contributed by atoms with E-state index in [1.165, 1.54) is 13.2 Å². The van der Waals surface area contributed by atoms with Gasteiger partial charge in [-0.25, -0.2) is 4.39 Å². The van der Waals surface area contributed by atoms with Crippen molar-refractivity contribution < 1.29 is 18.7 Å². The van der Waals surface area contributed by atoms with Gasteiger partial charge < -0.3 is 14.8 Å². The number of hydrogen-bond donors (Lipinski definition) is 1. The highest BCUT2D eigenvalue weighted by Crippen LogP contribution is 2.29. The molecule has 4 nitrogen and oxygen atoms in total.